The summed E-state index contributed by atoms with van der Waals surface area (Å²) in [5, 5.41) is 4.69. The van der Waals surface area contributed by atoms with E-state index in [1.165, 1.54) is 33.3 Å². The molecule has 0 aliphatic carbocycles. The fourth-order valence-corrected chi connectivity index (χ4v) is 4.03. The Labute approximate surface area is 194 Å². The number of likely N-dealkylation sites (N-methyl/N-ethyl adjacent to an activating group) is 1. The lowest BCUT2D eigenvalue weighted by molar-refractivity contribution is -0.130. The summed E-state index contributed by atoms with van der Waals surface area (Å²) >= 11 is 0. The minimum atomic E-state index is -4.05. The summed E-state index contributed by atoms with van der Waals surface area (Å²) in [6.07, 6.45) is -0.414. The molecule has 2 rings (SSSR count). The molecule has 182 valence electrons. The average molecular weight is 481 g/mol. The molecule has 0 aromatic heterocycles. The number of anilines is 1. The highest BCUT2D eigenvalue weighted by atomic mass is 32.2. The Morgan fingerprint density at radius 1 is 0.909 bits per heavy atom. The number of hydrogen-bond acceptors (Lipinski definition) is 7. The van der Waals surface area contributed by atoms with Gasteiger partial charge in [0.05, 0.1) is 17.0 Å². The van der Waals surface area contributed by atoms with Crippen LogP contribution in [0.3, 0.4) is 0 Å². The molecule has 2 aromatic rings. The van der Waals surface area contributed by atoms with E-state index in [0.29, 0.717) is 0 Å². The van der Waals surface area contributed by atoms with Crippen LogP contribution in [-0.4, -0.2) is 59.9 Å². The molecular weight excluding hydrogens is 448 g/mol. The Kier molecular flexibility index (Phi) is 13.7. The van der Waals surface area contributed by atoms with Crippen LogP contribution in [-0.2, 0) is 24.4 Å². The molecule has 0 heterocycles. The molecule has 0 bridgehead atoms. The molecule has 33 heavy (non-hydrogen) atoms. The first kappa shape index (κ1) is 29.5. The van der Waals surface area contributed by atoms with E-state index in [9.17, 15) is 22.8 Å². The molecule has 8 N–H and O–H groups in total. The number of primary amides is 1. The standard InChI is InChI=1S/C19H22N4O5S.2CH5N/c1-21-19(26)16(12-17(20)24)22-18(25)13-23(14-8-4-2-5-9-14)29(27,28)15-10-6-3-7-11-15;2*1-2/h2-11,16H,12-13H2,1H3,(H2,20,24)(H,21,26)(H,22,25);2*2H2,1H3/t16-;;/m0../s1. The van der Waals surface area contributed by atoms with Crippen LogP contribution in [0.4, 0.5) is 5.69 Å². The predicted molar refractivity (Wildman–Crippen MR) is 127 cm³/mol. The topological polar surface area (TPSA) is 191 Å². The zero-order valence-corrected chi connectivity index (χ0v) is 19.7. The maximum atomic E-state index is 13.1. The summed E-state index contributed by atoms with van der Waals surface area (Å²) in [6.45, 7) is -0.590. The van der Waals surface area contributed by atoms with Gasteiger partial charge in [0.25, 0.3) is 10.0 Å². The van der Waals surface area contributed by atoms with Crippen LogP contribution in [0.5, 0.6) is 0 Å². The Balaban J connectivity index is 0.00000242. The summed E-state index contributed by atoms with van der Waals surface area (Å²) in [5.41, 5.74) is 14.4. The summed E-state index contributed by atoms with van der Waals surface area (Å²) in [7, 11) is 0.292. The molecule has 3 amide bonds. The smallest absolute Gasteiger partial charge is 0.264 e. The Bertz CT molecular complexity index is 971. The van der Waals surface area contributed by atoms with Crippen molar-refractivity contribution < 1.29 is 22.8 Å². The molecule has 0 saturated heterocycles. The highest BCUT2D eigenvalue weighted by Crippen LogP contribution is 2.23. The van der Waals surface area contributed by atoms with Gasteiger partial charge in [-0.2, -0.15) is 0 Å². The molecule has 0 unspecified atom stereocenters. The predicted octanol–water partition coefficient (Wildman–Crippen LogP) is -0.862. The highest BCUT2D eigenvalue weighted by molar-refractivity contribution is 7.92. The van der Waals surface area contributed by atoms with Crippen molar-refractivity contribution in [3.05, 3.63) is 60.7 Å². The van der Waals surface area contributed by atoms with Gasteiger partial charge >= 0.3 is 0 Å². The van der Waals surface area contributed by atoms with Crippen LogP contribution in [0.2, 0.25) is 0 Å². The molecule has 1 atom stereocenters. The second-order valence-corrected chi connectivity index (χ2v) is 7.93. The molecule has 0 aliphatic heterocycles. The number of benzene rings is 2. The number of sulfonamides is 1. The zero-order valence-electron chi connectivity index (χ0n) is 18.9. The number of amides is 3. The van der Waals surface area contributed by atoms with Gasteiger partial charge in [-0.25, -0.2) is 8.42 Å². The maximum Gasteiger partial charge on any atom is 0.264 e. The third-order valence-corrected chi connectivity index (χ3v) is 5.75. The maximum absolute atomic E-state index is 13.1. The summed E-state index contributed by atoms with van der Waals surface area (Å²) < 4.78 is 27.2. The summed E-state index contributed by atoms with van der Waals surface area (Å²) in [4.78, 5) is 35.7. The molecule has 2 aromatic carbocycles. The lowest BCUT2D eigenvalue weighted by atomic mass is 10.2. The molecule has 0 fully saturated rings. The fraction of sp³-hybridized carbons (Fsp3) is 0.286. The van der Waals surface area contributed by atoms with Gasteiger partial charge in [0.1, 0.15) is 12.6 Å². The van der Waals surface area contributed by atoms with Gasteiger partial charge in [0, 0.05) is 7.05 Å². The third-order valence-electron chi connectivity index (χ3n) is 3.97. The van der Waals surface area contributed by atoms with Crippen molar-refractivity contribution in [2.75, 3.05) is 32.0 Å². The minimum Gasteiger partial charge on any atom is -0.370 e. The first-order valence-electron chi connectivity index (χ1n) is 9.83. The largest absolute Gasteiger partial charge is 0.370 e. The van der Waals surface area contributed by atoms with Crippen molar-refractivity contribution >= 4 is 33.4 Å². The Morgan fingerprint density at radius 2 is 1.39 bits per heavy atom. The van der Waals surface area contributed by atoms with E-state index < -0.39 is 46.8 Å². The molecular formula is C21H32N6O5S. The van der Waals surface area contributed by atoms with Gasteiger partial charge in [-0.3, -0.25) is 18.7 Å². The number of para-hydroxylation sites is 1. The van der Waals surface area contributed by atoms with E-state index in [-0.39, 0.29) is 10.6 Å². The van der Waals surface area contributed by atoms with Crippen molar-refractivity contribution in [1.82, 2.24) is 10.6 Å². The van der Waals surface area contributed by atoms with Crippen molar-refractivity contribution in [2.45, 2.75) is 17.4 Å². The van der Waals surface area contributed by atoms with Crippen LogP contribution in [0.25, 0.3) is 0 Å². The highest BCUT2D eigenvalue weighted by Gasteiger charge is 2.29. The van der Waals surface area contributed by atoms with Gasteiger partial charge < -0.3 is 27.8 Å². The van der Waals surface area contributed by atoms with E-state index in [0.717, 1.165) is 4.31 Å². The van der Waals surface area contributed by atoms with Crippen molar-refractivity contribution in [3.63, 3.8) is 0 Å². The number of nitrogens with two attached hydrogens (primary N) is 3. The summed E-state index contributed by atoms with van der Waals surface area (Å²) in [6, 6.07) is 14.6. The zero-order chi connectivity index (χ0) is 25.4. The molecule has 0 saturated carbocycles. The van der Waals surface area contributed by atoms with Crippen LogP contribution in [0.15, 0.2) is 65.6 Å². The molecule has 12 heteroatoms. The van der Waals surface area contributed by atoms with Crippen molar-refractivity contribution in [1.29, 1.82) is 0 Å². The van der Waals surface area contributed by atoms with Crippen molar-refractivity contribution in [3.8, 4) is 0 Å². The van der Waals surface area contributed by atoms with Crippen LogP contribution < -0.4 is 32.1 Å². The van der Waals surface area contributed by atoms with Gasteiger partial charge in [0.15, 0.2) is 0 Å². The van der Waals surface area contributed by atoms with Crippen molar-refractivity contribution in [2.24, 2.45) is 17.2 Å². The minimum absolute atomic E-state index is 0.0108. The lowest BCUT2D eigenvalue weighted by Crippen LogP contribution is -2.51. The molecule has 11 nitrogen and oxygen atoms in total. The monoisotopic (exact) mass is 480 g/mol. The molecule has 0 spiro atoms. The first-order valence-corrected chi connectivity index (χ1v) is 11.3. The van der Waals surface area contributed by atoms with E-state index >= 15 is 0 Å². The fourth-order valence-electron chi connectivity index (χ4n) is 2.58. The van der Waals surface area contributed by atoms with Gasteiger partial charge in [-0.15, -0.1) is 0 Å². The van der Waals surface area contributed by atoms with Gasteiger partial charge in [-0.05, 0) is 38.4 Å². The van der Waals surface area contributed by atoms with Gasteiger partial charge in [-0.1, -0.05) is 36.4 Å². The summed E-state index contributed by atoms with van der Waals surface area (Å²) in [5.74, 6) is -2.16. The molecule has 0 radical (unpaired) electrons. The van der Waals surface area contributed by atoms with Crippen LogP contribution in [0, 0.1) is 0 Å². The quantitative estimate of drug-likeness (QED) is 0.308. The van der Waals surface area contributed by atoms with E-state index in [1.807, 2.05) is 0 Å². The lowest BCUT2D eigenvalue weighted by Gasteiger charge is -2.25. The van der Waals surface area contributed by atoms with Crippen LogP contribution >= 0.6 is 0 Å². The van der Waals surface area contributed by atoms with Gasteiger partial charge in [0.2, 0.25) is 17.7 Å². The third kappa shape index (κ3) is 9.27. The van der Waals surface area contributed by atoms with E-state index in [1.54, 1.807) is 48.5 Å². The second kappa shape index (κ2) is 15.3. The number of nitrogens with one attached hydrogen (secondary N) is 2. The number of rotatable bonds is 9. The average Bonchev–Trinajstić information content (AvgIpc) is 2.84. The molecule has 0 aliphatic rings. The SMILES string of the molecule is CN.CN.CNC(=O)[C@H](CC(N)=O)NC(=O)CN(c1ccccc1)S(=O)(=O)c1ccccc1. The number of nitrogens with zero attached hydrogens (tertiary/aromatic N) is 1. The number of hydrogen-bond donors (Lipinski definition) is 5. The normalized spacial score (nSPS) is 10.8. The number of carbonyl (C=O) groups is 3. The number of carbonyl (C=O) groups excluding carboxylic acids is 3. The Hall–Kier alpha value is -3.48. The first-order chi connectivity index (χ1) is 15.8. The van der Waals surface area contributed by atoms with Crippen LogP contribution in [0.1, 0.15) is 6.42 Å². The Morgan fingerprint density at radius 3 is 1.85 bits per heavy atom. The van der Waals surface area contributed by atoms with E-state index in [2.05, 4.69) is 22.1 Å². The van der Waals surface area contributed by atoms with E-state index in [4.69, 9.17) is 5.73 Å². The second-order valence-electron chi connectivity index (χ2n) is 6.07.